The van der Waals surface area contributed by atoms with Gasteiger partial charge >= 0.3 is 0 Å². The molecule has 2 heterocycles. The molecule has 4 nitrogen and oxygen atoms in total. The molecule has 0 bridgehead atoms. The first kappa shape index (κ1) is 20.4. The van der Waals surface area contributed by atoms with Crippen LogP contribution in [0.25, 0.3) is 5.76 Å². The first-order chi connectivity index (χ1) is 14.4. The van der Waals surface area contributed by atoms with E-state index in [0.717, 1.165) is 18.2 Å². The molecule has 154 valence electrons. The number of rotatable bonds is 4. The number of likely N-dealkylation sites (N-methyl/N-ethyl adjacent to an activating group) is 1. The molecule has 0 radical (unpaired) electrons. The van der Waals surface area contributed by atoms with Crippen LogP contribution in [0.2, 0.25) is 5.02 Å². The zero-order chi connectivity index (χ0) is 21.4. The van der Waals surface area contributed by atoms with E-state index in [1.54, 1.807) is 18.3 Å². The van der Waals surface area contributed by atoms with Crippen molar-refractivity contribution < 1.29 is 23.1 Å². The van der Waals surface area contributed by atoms with Crippen molar-refractivity contribution in [2.75, 3.05) is 7.05 Å². The minimum absolute atomic E-state index is 0.0225. The summed E-state index contributed by atoms with van der Waals surface area (Å²) in [5.41, 5.74) is 0.721. The molecule has 1 aliphatic rings. The molecule has 4 rings (SSSR count). The summed E-state index contributed by atoms with van der Waals surface area (Å²) < 4.78 is 42.8. The Balaban J connectivity index is 1.94. The van der Waals surface area contributed by atoms with Crippen LogP contribution in [0.3, 0.4) is 0 Å². The first-order valence-electron chi connectivity index (χ1n) is 9.00. The smallest absolute Gasteiger partial charge is 0.161 e. The predicted molar refractivity (Wildman–Crippen MR) is 105 cm³/mol. The average Bonchev–Trinajstić information content (AvgIpc) is 3.04. The van der Waals surface area contributed by atoms with E-state index in [1.807, 2.05) is 0 Å². The predicted octanol–water partition coefficient (Wildman–Crippen LogP) is 5.22. The summed E-state index contributed by atoms with van der Waals surface area (Å²) in [4.78, 5) is 9.74. The number of benzene rings is 2. The van der Waals surface area contributed by atoms with Gasteiger partial charge in [0, 0.05) is 47.2 Å². The molecule has 2 unspecified atom stereocenters. The Morgan fingerprint density at radius 3 is 2.57 bits per heavy atom. The molecule has 2 atom stereocenters. The summed E-state index contributed by atoms with van der Waals surface area (Å²) >= 11 is 5.88. The van der Waals surface area contributed by atoms with Gasteiger partial charge < -0.3 is 9.94 Å². The van der Waals surface area contributed by atoms with E-state index >= 15 is 0 Å². The fraction of sp³-hybridized carbons (Fsp3) is 0.136. The number of aliphatic hydroxyl groups is 1. The molecule has 1 aromatic heterocycles. The highest BCUT2D eigenvalue weighted by Crippen LogP contribution is 2.47. The molecule has 0 spiro atoms. The van der Waals surface area contributed by atoms with Crippen LogP contribution in [-0.2, 0) is 4.84 Å². The second-order valence-electron chi connectivity index (χ2n) is 6.80. The summed E-state index contributed by atoms with van der Waals surface area (Å²) in [7, 11) is 1.53. The number of aliphatic hydroxyl groups excluding tert-OH is 1. The average molecular weight is 433 g/mol. The van der Waals surface area contributed by atoms with Crippen molar-refractivity contribution >= 4 is 17.4 Å². The molecule has 0 amide bonds. The molecule has 3 aromatic rings. The molecule has 0 saturated carbocycles. The van der Waals surface area contributed by atoms with Gasteiger partial charge in [-0.25, -0.2) is 13.2 Å². The summed E-state index contributed by atoms with van der Waals surface area (Å²) in [6.07, 6.45) is 1.70. The third-order valence-corrected chi connectivity index (χ3v) is 5.12. The van der Waals surface area contributed by atoms with E-state index in [-0.39, 0.29) is 27.5 Å². The molecule has 0 saturated heterocycles. The van der Waals surface area contributed by atoms with Gasteiger partial charge in [0.05, 0.1) is 5.56 Å². The maximum atomic E-state index is 14.8. The van der Waals surface area contributed by atoms with E-state index in [4.69, 9.17) is 16.4 Å². The van der Waals surface area contributed by atoms with Crippen LogP contribution in [0.4, 0.5) is 13.2 Å². The summed E-state index contributed by atoms with van der Waals surface area (Å²) in [5.74, 6) is -2.25. The maximum absolute atomic E-state index is 14.8. The molecule has 1 N–H and O–H groups in total. The van der Waals surface area contributed by atoms with Crippen molar-refractivity contribution in [3.05, 3.63) is 106 Å². The lowest BCUT2D eigenvalue weighted by Crippen LogP contribution is -2.22. The second kappa shape index (κ2) is 8.10. The van der Waals surface area contributed by atoms with Crippen molar-refractivity contribution in [2.45, 2.75) is 12.1 Å². The fourth-order valence-electron chi connectivity index (χ4n) is 3.53. The first-order valence-corrected chi connectivity index (χ1v) is 9.38. The van der Waals surface area contributed by atoms with Gasteiger partial charge in [-0.05, 0) is 30.3 Å². The van der Waals surface area contributed by atoms with Gasteiger partial charge in [0.15, 0.2) is 5.76 Å². The SMILES string of the molecule is CN1OC(c2ccc(F)cc2F)=C(C(O)c2cccnc2)C1c1ccc(Cl)cc1F. The number of hydroxylamine groups is 2. The number of pyridine rings is 1. The zero-order valence-corrected chi connectivity index (χ0v) is 16.4. The van der Waals surface area contributed by atoms with Crippen LogP contribution in [0.15, 0.2) is 66.5 Å². The lowest BCUT2D eigenvalue weighted by atomic mass is 9.89. The van der Waals surface area contributed by atoms with E-state index in [2.05, 4.69) is 4.98 Å². The van der Waals surface area contributed by atoms with Crippen LogP contribution < -0.4 is 0 Å². The molecule has 2 aromatic carbocycles. The van der Waals surface area contributed by atoms with E-state index in [1.165, 1.54) is 36.5 Å². The molecular formula is C22H16ClF3N2O2. The van der Waals surface area contributed by atoms with Gasteiger partial charge in [0.1, 0.15) is 29.6 Å². The maximum Gasteiger partial charge on any atom is 0.161 e. The lowest BCUT2D eigenvalue weighted by Gasteiger charge is -2.23. The number of halogens is 4. The van der Waals surface area contributed by atoms with Crippen molar-refractivity contribution in [2.24, 2.45) is 0 Å². The summed E-state index contributed by atoms with van der Waals surface area (Å²) in [5, 5.41) is 12.7. The highest BCUT2D eigenvalue weighted by atomic mass is 35.5. The number of aromatic nitrogens is 1. The quantitative estimate of drug-likeness (QED) is 0.614. The molecular weight excluding hydrogens is 417 g/mol. The Kier molecular flexibility index (Phi) is 5.51. The molecule has 30 heavy (non-hydrogen) atoms. The van der Waals surface area contributed by atoms with Crippen molar-refractivity contribution in [1.29, 1.82) is 0 Å². The number of hydrogen-bond donors (Lipinski definition) is 1. The normalized spacial score (nSPS) is 17.9. The Labute approximate surface area is 175 Å². The number of hydrogen-bond acceptors (Lipinski definition) is 4. The Morgan fingerprint density at radius 1 is 1.10 bits per heavy atom. The van der Waals surface area contributed by atoms with Crippen LogP contribution in [0.1, 0.15) is 28.8 Å². The van der Waals surface area contributed by atoms with Crippen molar-refractivity contribution in [3.8, 4) is 0 Å². The van der Waals surface area contributed by atoms with Gasteiger partial charge in [0.2, 0.25) is 0 Å². The Bertz CT molecular complexity index is 1120. The van der Waals surface area contributed by atoms with Crippen LogP contribution in [0.5, 0.6) is 0 Å². The molecule has 8 heteroatoms. The fourth-order valence-corrected chi connectivity index (χ4v) is 3.68. The van der Waals surface area contributed by atoms with Gasteiger partial charge in [0.25, 0.3) is 0 Å². The van der Waals surface area contributed by atoms with Crippen LogP contribution in [-0.4, -0.2) is 22.2 Å². The largest absolute Gasteiger partial charge is 0.404 e. The third kappa shape index (κ3) is 3.67. The second-order valence-corrected chi connectivity index (χ2v) is 7.24. The third-order valence-electron chi connectivity index (χ3n) is 4.88. The van der Waals surface area contributed by atoms with Crippen LogP contribution >= 0.6 is 11.6 Å². The minimum atomic E-state index is -1.29. The van der Waals surface area contributed by atoms with Crippen molar-refractivity contribution in [3.63, 3.8) is 0 Å². The van der Waals surface area contributed by atoms with Gasteiger partial charge in [-0.15, -0.1) is 5.06 Å². The monoisotopic (exact) mass is 432 g/mol. The molecule has 0 aliphatic carbocycles. The summed E-state index contributed by atoms with van der Waals surface area (Å²) in [6, 6.07) is 9.53. The Hall–Kier alpha value is -2.87. The molecule has 0 fully saturated rings. The lowest BCUT2D eigenvalue weighted by molar-refractivity contribution is -0.0700. The van der Waals surface area contributed by atoms with E-state index in [9.17, 15) is 18.3 Å². The standard InChI is InChI=1S/C22H16ClF3N2O2/c1-28-20(15-6-4-13(23)9-17(15)25)19(21(29)12-3-2-8-27-11-12)22(30-28)16-7-5-14(24)10-18(16)26/h2-11,20-21,29H,1H3. The number of nitrogens with zero attached hydrogens (tertiary/aromatic N) is 2. The van der Waals surface area contributed by atoms with Crippen molar-refractivity contribution in [1.82, 2.24) is 10.0 Å². The highest BCUT2D eigenvalue weighted by molar-refractivity contribution is 6.30. The van der Waals surface area contributed by atoms with Gasteiger partial charge in [-0.1, -0.05) is 23.7 Å². The Morgan fingerprint density at radius 2 is 1.90 bits per heavy atom. The van der Waals surface area contributed by atoms with Gasteiger partial charge in [-0.3, -0.25) is 4.98 Å². The minimum Gasteiger partial charge on any atom is -0.404 e. The van der Waals surface area contributed by atoms with Gasteiger partial charge in [-0.2, -0.15) is 0 Å². The van der Waals surface area contributed by atoms with E-state index in [0.29, 0.717) is 5.56 Å². The highest BCUT2D eigenvalue weighted by Gasteiger charge is 2.41. The topological polar surface area (TPSA) is 45.6 Å². The summed E-state index contributed by atoms with van der Waals surface area (Å²) in [6.45, 7) is 0. The zero-order valence-electron chi connectivity index (χ0n) is 15.7. The molecule has 1 aliphatic heterocycles. The van der Waals surface area contributed by atoms with E-state index < -0.39 is 29.6 Å². The van der Waals surface area contributed by atoms with Crippen LogP contribution in [0, 0.1) is 17.5 Å².